The van der Waals surface area contributed by atoms with Crippen molar-refractivity contribution >= 4 is 24.4 Å². The molecule has 0 bridgehead atoms. The summed E-state index contributed by atoms with van der Waals surface area (Å²) in [5.74, 6) is 5.50. The van der Waals surface area contributed by atoms with Crippen molar-refractivity contribution in [3.63, 3.8) is 0 Å². The molecule has 0 radical (unpaired) electrons. The smallest absolute Gasteiger partial charge is 0.114 e. The Labute approximate surface area is 101 Å². The second kappa shape index (κ2) is 4.88. The number of rotatable bonds is 6. The van der Waals surface area contributed by atoms with Gasteiger partial charge in [-0.1, -0.05) is 6.92 Å². The Morgan fingerprint density at radius 3 is 2.67 bits per heavy atom. The van der Waals surface area contributed by atoms with Gasteiger partial charge in [-0.05, 0) is 36.1 Å². The Bertz CT molecular complexity index is 315. The fourth-order valence-electron chi connectivity index (χ4n) is 1.58. The molecule has 0 aromatic carbocycles. The maximum atomic E-state index is 5.66. The van der Waals surface area contributed by atoms with E-state index in [0.29, 0.717) is 5.41 Å². The van der Waals surface area contributed by atoms with Gasteiger partial charge >= 0.3 is 0 Å². The summed E-state index contributed by atoms with van der Waals surface area (Å²) in [6, 6.07) is 4.19. The van der Waals surface area contributed by atoms with Gasteiger partial charge in [-0.2, -0.15) is 24.4 Å². The molecule has 0 spiro atoms. The van der Waals surface area contributed by atoms with Gasteiger partial charge < -0.3 is 4.42 Å². The van der Waals surface area contributed by atoms with E-state index in [2.05, 4.69) is 31.7 Å². The highest BCUT2D eigenvalue weighted by atomic mass is 32.2. The van der Waals surface area contributed by atoms with Crippen molar-refractivity contribution < 1.29 is 4.42 Å². The lowest BCUT2D eigenvalue weighted by Crippen LogP contribution is -2.05. The summed E-state index contributed by atoms with van der Waals surface area (Å²) in [6.07, 6.45) is 3.72. The quantitative estimate of drug-likeness (QED) is 0.762. The fourth-order valence-corrected chi connectivity index (χ4v) is 3.44. The molecule has 84 valence electrons. The average molecular weight is 242 g/mol. The van der Waals surface area contributed by atoms with E-state index in [0.717, 1.165) is 29.4 Å². The molecular formula is C12H18OS2. The summed E-state index contributed by atoms with van der Waals surface area (Å²) >= 11 is 6.39. The van der Waals surface area contributed by atoms with Crippen LogP contribution in [0.25, 0.3) is 0 Å². The summed E-state index contributed by atoms with van der Waals surface area (Å²) in [6.45, 7) is 2.12. The van der Waals surface area contributed by atoms with Gasteiger partial charge in [0.15, 0.2) is 0 Å². The molecule has 1 heterocycles. The number of aryl methyl sites for hydroxylation is 1. The second-order valence-corrected chi connectivity index (χ2v) is 5.67. The highest BCUT2D eigenvalue weighted by molar-refractivity contribution is 7.98. The van der Waals surface area contributed by atoms with Gasteiger partial charge in [-0.15, -0.1) is 0 Å². The van der Waals surface area contributed by atoms with Gasteiger partial charge in [-0.3, -0.25) is 0 Å². The van der Waals surface area contributed by atoms with Crippen molar-refractivity contribution in [3.8, 4) is 0 Å². The Morgan fingerprint density at radius 2 is 2.13 bits per heavy atom. The van der Waals surface area contributed by atoms with Crippen LogP contribution in [0.4, 0.5) is 0 Å². The average Bonchev–Trinajstić information content (AvgIpc) is 2.89. The van der Waals surface area contributed by atoms with E-state index in [1.54, 1.807) is 0 Å². The van der Waals surface area contributed by atoms with Crippen LogP contribution >= 0.6 is 24.4 Å². The molecule has 0 unspecified atom stereocenters. The van der Waals surface area contributed by atoms with Crippen molar-refractivity contribution in [1.82, 2.24) is 0 Å². The highest BCUT2D eigenvalue weighted by Crippen LogP contribution is 2.49. The minimum absolute atomic E-state index is 0.563. The molecule has 0 aliphatic heterocycles. The molecule has 1 saturated carbocycles. The maximum absolute atomic E-state index is 5.66. The van der Waals surface area contributed by atoms with Crippen LogP contribution in [-0.2, 0) is 12.2 Å². The standard InChI is InChI=1S/C12H18OS2/c1-2-10-3-4-11(13-10)7-15-9-12(8-14)5-6-12/h3-4,14H,2,5-9H2,1H3. The molecule has 0 saturated heterocycles. The molecule has 1 aliphatic carbocycles. The molecule has 0 atom stereocenters. The molecule has 2 rings (SSSR count). The minimum atomic E-state index is 0.563. The summed E-state index contributed by atoms with van der Waals surface area (Å²) in [4.78, 5) is 0. The van der Waals surface area contributed by atoms with Crippen LogP contribution < -0.4 is 0 Å². The van der Waals surface area contributed by atoms with Crippen LogP contribution in [0.3, 0.4) is 0 Å². The first kappa shape index (κ1) is 11.5. The van der Waals surface area contributed by atoms with Crippen molar-refractivity contribution in [2.45, 2.75) is 31.9 Å². The Morgan fingerprint density at radius 1 is 1.40 bits per heavy atom. The lowest BCUT2D eigenvalue weighted by atomic mass is 10.2. The lowest BCUT2D eigenvalue weighted by molar-refractivity contribution is 0.485. The van der Waals surface area contributed by atoms with E-state index in [1.807, 2.05) is 11.8 Å². The van der Waals surface area contributed by atoms with Crippen LogP contribution in [0.2, 0.25) is 0 Å². The van der Waals surface area contributed by atoms with Crippen LogP contribution in [0.5, 0.6) is 0 Å². The maximum Gasteiger partial charge on any atom is 0.114 e. The van der Waals surface area contributed by atoms with Crippen molar-refractivity contribution in [3.05, 3.63) is 23.7 Å². The first-order valence-corrected chi connectivity index (χ1v) is 7.33. The normalized spacial score (nSPS) is 18.0. The van der Waals surface area contributed by atoms with Crippen LogP contribution in [0, 0.1) is 5.41 Å². The fraction of sp³-hybridized carbons (Fsp3) is 0.667. The Hall–Kier alpha value is -0.0200. The van der Waals surface area contributed by atoms with Gasteiger partial charge in [0.25, 0.3) is 0 Å². The summed E-state index contributed by atoms with van der Waals surface area (Å²) in [5, 5.41) is 0. The van der Waals surface area contributed by atoms with E-state index in [4.69, 9.17) is 4.42 Å². The van der Waals surface area contributed by atoms with Gasteiger partial charge in [0, 0.05) is 12.2 Å². The van der Waals surface area contributed by atoms with E-state index in [1.165, 1.54) is 18.6 Å². The molecule has 1 aromatic rings. The van der Waals surface area contributed by atoms with Crippen molar-refractivity contribution in [2.24, 2.45) is 5.41 Å². The first-order valence-electron chi connectivity index (χ1n) is 5.54. The minimum Gasteiger partial charge on any atom is -0.465 e. The molecule has 1 nitrogen and oxygen atoms in total. The molecule has 15 heavy (non-hydrogen) atoms. The highest BCUT2D eigenvalue weighted by Gasteiger charge is 2.40. The van der Waals surface area contributed by atoms with Crippen molar-refractivity contribution in [2.75, 3.05) is 11.5 Å². The summed E-state index contributed by atoms with van der Waals surface area (Å²) < 4.78 is 5.66. The number of hydrogen-bond donors (Lipinski definition) is 1. The molecule has 1 aromatic heterocycles. The van der Waals surface area contributed by atoms with E-state index in [9.17, 15) is 0 Å². The van der Waals surface area contributed by atoms with E-state index in [-0.39, 0.29) is 0 Å². The van der Waals surface area contributed by atoms with Gasteiger partial charge in [0.2, 0.25) is 0 Å². The zero-order valence-corrected chi connectivity index (χ0v) is 10.9. The van der Waals surface area contributed by atoms with Gasteiger partial charge in [-0.25, -0.2) is 0 Å². The third-order valence-electron chi connectivity index (χ3n) is 3.01. The summed E-state index contributed by atoms with van der Waals surface area (Å²) in [5.41, 5.74) is 0.563. The third-order valence-corrected chi connectivity index (χ3v) is 4.99. The topological polar surface area (TPSA) is 13.1 Å². The predicted molar refractivity (Wildman–Crippen MR) is 69.8 cm³/mol. The van der Waals surface area contributed by atoms with Crippen LogP contribution in [-0.4, -0.2) is 11.5 Å². The Kier molecular flexibility index (Phi) is 3.73. The monoisotopic (exact) mass is 242 g/mol. The molecule has 0 N–H and O–H groups in total. The lowest BCUT2D eigenvalue weighted by Gasteiger charge is -2.09. The summed E-state index contributed by atoms with van der Waals surface area (Å²) in [7, 11) is 0. The van der Waals surface area contributed by atoms with Crippen molar-refractivity contribution in [1.29, 1.82) is 0 Å². The molecular weight excluding hydrogens is 224 g/mol. The van der Waals surface area contributed by atoms with E-state index >= 15 is 0 Å². The number of thioether (sulfide) groups is 1. The second-order valence-electron chi connectivity index (χ2n) is 4.37. The molecule has 1 aliphatic rings. The predicted octanol–water partition coefficient (Wildman–Crippen LogP) is 3.79. The van der Waals surface area contributed by atoms with E-state index < -0.39 is 0 Å². The van der Waals surface area contributed by atoms with Crippen LogP contribution in [0.1, 0.15) is 31.3 Å². The zero-order chi connectivity index (χ0) is 10.7. The van der Waals surface area contributed by atoms with Crippen LogP contribution in [0.15, 0.2) is 16.5 Å². The Balaban J connectivity index is 1.73. The largest absolute Gasteiger partial charge is 0.465 e. The molecule has 0 amide bonds. The zero-order valence-electron chi connectivity index (χ0n) is 9.16. The van der Waals surface area contributed by atoms with Gasteiger partial charge in [0.1, 0.15) is 11.5 Å². The SMILES string of the molecule is CCc1ccc(CSCC2(CS)CC2)o1. The van der Waals surface area contributed by atoms with Gasteiger partial charge in [0.05, 0.1) is 5.75 Å². The first-order chi connectivity index (χ1) is 7.28. The third kappa shape index (κ3) is 2.97. The molecule has 3 heteroatoms. The molecule has 1 fully saturated rings. The number of furan rings is 1. The number of hydrogen-bond acceptors (Lipinski definition) is 3. The number of thiol groups is 1.